The molecule has 0 spiro atoms. The molecule has 9 heteroatoms. The number of carbonyl (C=O) groups excluding carboxylic acids is 1. The third-order valence-corrected chi connectivity index (χ3v) is 6.28. The SMILES string of the molecule is Cc1cc(C)n(-c2ccc(C(=O)Nc3ccc(S(=O)(=O)Nc4cccc(F)c4)cc3)cc2)n1. The van der Waals surface area contributed by atoms with Crippen LogP contribution in [0.4, 0.5) is 15.8 Å². The van der Waals surface area contributed by atoms with Crippen LogP contribution in [0, 0.1) is 19.7 Å². The number of hydrogen-bond donors (Lipinski definition) is 2. The van der Waals surface area contributed by atoms with Gasteiger partial charge < -0.3 is 5.32 Å². The Morgan fingerprint density at radius 1 is 0.909 bits per heavy atom. The molecular weight excluding hydrogens is 443 g/mol. The number of hydrogen-bond acceptors (Lipinski definition) is 4. The molecular formula is C24H21FN4O3S. The third kappa shape index (κ3) is 5.09. The Morgan fingerprint density at radius 3 is 2.21 bits per heavy atom. The lowest BCUT2D eigenvalue weighted by Gasteiger charge is -2.10. The first-order chi connectivity index (χ1) is 15.7. The summed E-state index contributed by atoms with van der Waals surface area (Å²) in [5, 5.41) is 7.17. The van der Waals surface area contributed by atoms with E-state index in [0.29, 0.717) is 11.3 Å². The van der Waals surface area contributed by atoms with E-state index in [1.54, 1.807) is 16.8 Å². The summed E-state index contributed by atoms with van der Waals surface area (Å²) in [6, 6.07) is 19.9. The second-order valence-corrected chi connectivity index (χ2v) is 9.16. The standard InChI is InChI=1S/C24H21FN4O3S/c1-16-14-17(2)29(27-16)22-10-6-18(7-11-22)24(30)26-20-8-12-23(13-9-20)33(31,32)28-21-5-3-4-19(25)15-21/h3-15,28H,1-2H3,(H,26,30). The Hall–Kier alpha value is -3.98. The minimum absolute atomic E-state index is 0.0148. The molecule has 0 saturated carbocycles. The van der Waals surface area contributed by atoms with Gasteiger partial charge >= 0.3 is 0 Å². The van der Waals surface area contributed by atoms with Crippen molar-refractivity contribution in [3.05, 3.63) is 102 Å². The lowest BCUT2D eigenvalue weighted by atomic mass is 10.2. The zero-order valence-electron chi connectivity index (χ0n) is 17.9. The number of carbonyl (C=O) groups is 1. The van der Waals surface area contributed by atoms with E-state index >= 15 is 0 Å². The van der Waals surface area contributed by atoms with Crippen LogP contribution in [0.5, 0.6) is 0 Å². The maximum Gasteiger partial charge on any atom is 0.261 e. The number of nitrogens with zero attached hydrogens (tertiary/aromatic N) is 2. The van der Waals surface area contributed by atoms with Crippen LogP contribution >= 0.6 is 0 Å². The summed E-state index contributed by atoms with van der Waals surface area (Å²) >= 11 is 0. The topological polar surface area (TPSA) is 93.1 Å². The van der Waals surface area contributed by atoms with Gasteiger partial charge in [-0.3, -0.25) is 9.52 Å². The van der Waals surface area contributed by atoms with E-state index < -0.39 is 15.8 Å². The van der Waals surface area contributed by atoms with Gasteiger partial charge in [0.05, 0.1) is 22.0 Å². The average Bonchev–Trinajstić information content (AvgIpc) is 3.12. The first-order valence-electron chi connectivity index (χ1n) is 10.0. The molecule has 4 aromatic rings. The summed E-state index contributed by atoms with van der Waals surface area (Å²) in [6.07, 6.45) is 0. The second-order valence-electron chi connectivity index (χ2n) is 7.48. The molecule has 0 aliphatic rings. The predicted octanol–water partition coefficient (Wildman–Crippen LogP) is 4.68. The van der Waals surface area contributed by atoms with Crippen molar-refractivity contribution in [2.75, 3.05) is 10.0 Å². The van der Waals surface area contributed by atoms with Crippen LogP contribution in [0.2, 0.25) is 0 Å². The fourth-order valence-electron chi connectivity index (χ4n) is 3.33. The van der Waals surface area contributed by atoms with Crippen molar-refractivity contribution in [1.82, 2.24) is 9.78 Å². The Kier molecular flexibility index (Phi) is 5.97. The summed E-state index contributed by atoms with van der Waals surface area (Å²) in [5.41, 5.74) is 3.75. The molecule has 2 N–H and O–H groups in total. The van der Waals surface area contributed by atoms with E-state index in [1.165, 1.54) is 42.5 Å². The van der Waals surface area contributed by atoms with Crippen LogP contribution in [0.15, 0.2) is 83.8 Å². The van der Waals surface area contributed by atoms with Crippen molar-refractivity contribution in [1.29, 1.82) is 0 Å². The smallest absolute Gasteiger partial charge is 0.261 e. The van der Waals surface area contributed by atoms with Gasteiger partial charge in [0.25, 0.3) is 15.9 Å². The van der Waals surface area contributed by atoms with Crippen LogP contribution in [-0.2, 0) is 10.0 Å². The van der Waals surface area contributed by atoms with E-state index in [2.05, 4.69) is 15.1 Å². The van der Waals surface area contributed by atoms with Crippen molar-refractivity contribution in [3.63, 3.8) is 0 Å². The van der Waals surface area contributed by atoms with Crippen molar-refractivity contribution in [3.8, 4) is 5.69 Å². The van der Waals surface area contributed by atoms with Crippen LogP contribution in [-0.4, -0.2) is 24.1 Å². The van der Waals surface area contributed by atoms with E-state index in [4.69, 9.17) is 0 Å². The quantitative estimate of drug-likeness (QED) is 0.433. The van der Waals surface area contributed by atoms with Gasteiger partial charge in [-0.05, 0) is 86.6 Å². The van der Waals surface area contributed by atoms with Crippen LogP contribution in [0.3, 0.4) is 0 Å². The molecule has 168 valence electrons. The number of amides is 1. The lowest BCUT2D eigenvalue weighted by molar-refractivity contribution is 0.102. The second kappa shape index (κ2) is 8.87. The largest absolute Gasteiger partial charge is 0.322 e. The van der Waals surface area contributed by atoms with Crippen LogP contribution in [0.25, 0.3) is 5.69 Å². The minimum atomic E-state index is -3.90. The number of aryl methyl sites for hydroxylation is 2. The predicted molar refractivity (Wildman–Crippen MR) is 125 cm³/mol. The van der Waals surface area contributed by atoms with E-state index in [1.807, 2.05) is 32.0 Å². The zero-order chi connectivity index (χ0) is 23.6. The molecule has 0 bridgehead atoms. The van der Waals surface area contributed by atoms with Gasteiger partial charge in [0, 0.05) is 16.9 Å². The number of sulfonamides is 1. The van der Waals surface area contributed by atoms with E-state index in [9.17, 15) is 17.6 Å². The molecule has 7 nitrogen and oxygen atoms in total. The molecule has 1 heterocycles. The van der Waals surface area contributed by atoms with Crippen LogP contribution < -0.4 is 10.0 Å². The number of halogens is 1. The Balaban J connectivity index is 1.44. The molecule has 0 fully saturated rings. The first kappa shape index (κ1) is 22.2. The summed E-state index contributed by atoms with van der Waals surface area (Å²) in [6.45, 7) is 3.87. The number of rotatable bonds is 6. The van der Waals surface area contributed by atoms with Crippen molar-refractivity contribution in [2.24, 2.45) is 0 Å². The minimum Gasteiger partial charge on any atom is -0.322 e. The van der Waals surface area contributed by atoms with Gasteiger partial charge in [0.1, 0.15) is 5.82 Å². The normalized spacial score (nSPS) is 11.2. The summed E-state index contributed by atoms with van der Waals surface area (Å²) in [7, 11) is -3.90. The lowest BCUT2D eigenvalue weighted by Crippen LogP contribution is -2.14. The Bertz CT molecular complexity index is 1410. The van der Waals surface area contributed by atoms with Gasteiger partial charge in [-0.15, -0.1) is 0 Å². The third-order valence-electron chi connectivity index (χ3n) is 4.88. The molecule has 0 aliphatic carbocycles. The monoisotopic (exact) mass is 464 g/mol. The number of aromatic nitrogens is 2. The molecule has 0 aliphatic heterocycles. The molecule has 33 heavy (non-hydrogen) atoms. The molecule has 0 atom stereocenters. The van der Waals surface area contributed by atoms with Gasteiger partial charge in [-0.25, -0.2) is 17.5 Å². The molecule has 0 saturated heterocycles. The highest BCUT2D eigenvalue weighted by atomic mass is 32.2. The molecule has 4 rings (SSSR count). The summed E-state index contributed by atoms with van der Waals surface area (Å²) < 4.78 is 42.5. The zero-order valence-corrected chi connectivity index (χ0v) is 18.7. The molecule has 1 aromatic heterocycles. The molecule has 1 amide bonds. The van der Waals surface area contributed by atoms with Crippen molar-refractivity contribution < 1.29 is 17.6 Å². The van der Waals surface area contributed by atoms with Crippen molar-refractivity contribution >= 4 is 27.3 Å². The average molecular weight is 465 g/mol. The van der Waals surface area contributed by atoms with Gasteiger partial charge in [0.2, 0.25) is 0 Å². The highest BCUT2D eigenvalue weighted by molar-refractivity contribution is 7.92. The summed E-state index contributed by atoms with van der Waals surface area (Å²) in [5.74, 6) is -0.875. The Labute approximate surface area is 190 Å². The molecule has 0 unspecified atom stereocenters. The molecule has 3 aromatic carbocycles. The maximum absolute atomic E-state index is 13.3. The Morgan fingerprint density at radius 2 is 1.61 bits per heavy atom. The van der Waals surface area contributed by atoms with E-state index in [-0.39, 0.29) is 16.5 Å². The maximum atomic E-state index is 13.3. The fraction of sp³-hybridized carbons (Fsp3) is 0.0833. The highest BCUT2D eigenvalue weighted by Crippen LogP contribution is 2.20. The summed E-state index contributed by atoms with van der Waals surface area (Å²) in [4.78, 5) is 12.6. The highest BCUT2D eigenvalue weighted by Gasteiger charge is 2.15. The fourth-order valence-corrected chi connectivity index (χ4v) is 4.38. The van der Waals surface area contributed by atoms with Gasteiger partial charge in [0.15, 0.2) is 0 Å². The van der Waals surface area contributed by atoms with Gasteiger partial charge in [-0.2, -0.15) is 5.10 Å². The first-order valence-corrected chi connectivity index (χ1v) is 11.5. The number of anilines is 2. The van der Waals surface area contributed by atoms with Gasteiger partial charge in [-0.1, -0.05) is 6.07 Å². The van der Waals surface area contributed by atoms with E-state index in [0.717, 1.165) is 23.1 Å². The number of nitrogens with one attached hydrogen (secondary N) is 2. The van der Waals surface area contributed by atoms with Crippen molar-refractivity contribution in [2.45, 2.75) is 18.7 Å². The molecule has 0 radical (unpaired) electrons. The van der Waals surface area contributed by atoms with Crippen LogP contribution in [0.1, 0.15) is 21.7 Å². The number of benzene rings is 3.